The van der Waals surface area contributed by atoms with Gasteiger partial charge in [0.15, 0.2) is 0 Å². The average Bonchev–Trinajstić information content (AvgIpc) is 2.30. The molecule has 2 aromatic rings. The van der Waals surface area contributed by atoms with Gasteiger partial charge in [-0.15, -0.1) is 0 Å². The summed E-state index contributed by atoms with van der Waals surface area (Å²) in [6.07, 6.45) is 1.82. The van der Waals surface area contributed by atoms with Crippen molar-refractivity contribution >= 4 is 31.0 Å². The lowest BCUT2D eigenvalue weighted by atomic mass is 9.92. The monoisotopic (exact) mass is 224 g/mol. The van der Waals surface area contributed by atoms with Gasteiger partial charge in [-0.25, -0.2) is 0 Å². The molecule has 76 valence electrons. The lowest BCUT2D eigenvalue weighted by Crippen LogP contribution is -1.99. The number of rotatable bonds is 2. The molecule has 0 bridgehead atoms. The summed E-state index contributed by atoms with van der Waals surface area (Å²) in [5.41, 5.74) is 3.98. The van der Waals surface area contributed by atoms with Crippen LogP contribution in [-0.4, -0.2) is 7.85 Å². The van der Waals surface area contributed by atoms with E-state index in [-0.39, 0.29) is 0 Å². The van der Waals surface area contributed by atoms with Gasteiger partial charge in [0.2, 0.25) is 0 Å². The molecule has 16 heavy (non-hydrogen) atoms. The Kier molecular flexibility index (Phi) is 3.16. The third-order valence-corrected chi connectivity index (χ3v) is 2.69. The summed E-state index contributed by atoms with van der Waals surface area (Å²) in [4.78, 5) is 0. The largest absolute Gasteiger partial charge is 0.113 e. The van der Waals surface area contributed by atoms with Crippen molar-refractivity contribution in [1.29, 1.82) is 0 Å². The molecule has 0 atom stereocenters. The van der Waals surface area contributed by atoms with E-state index in [1.165, 1.54) is 0 Å². The summed E-state index contributed by atoms with van der Waals surface area (Å²) in [7, 11) is 5.66. The Morgan fingerprint density at radius 1 is 1.06 bits per heavy atom. The zero-order valence-electron chi connectivity index (χ0n) is 8.78. The van der Waals surface area contributed by atoms with Crippen LogP contribution in [0.3, 0.4) is 0 Å². The zero-order valence-corrected chi connectivity index (χ0v) is 9.54. The van der Waals surface area contributed by atoms with Crippen LogP contribution < -0.4 is 5.46 Å². The SMILES string of the molecule is [B]c1ccc(-c2cc(Cl)ccc2C=C)cc1. The van der Waals surface area contributed by atoms with Crippen molar-refractivity contribution in [3.05, 3.63) is 59.6 Å². The first-order valence-electron chi connectivity index (χ1n) is 4.98. The van der Waals surface area contributed by atoms with Gasteiger partial charge in [0.1, 0.15) is 7.85 Å². The van der Waals surface area contributed by atoms with Crippen LogP contribution in [0.2, 0.25) is 5.02 Å². The molecule has 0 nitrogen and oxygen atoms in total. The predicted molar refractivity (Wildman–Crippen MR) is 72.4 cm³/mol. The molecular weight excluding hydrogens is 214 g/mol. The Labute approximate surface area is 102 Å². The molecule has 0 spiro atoms. The summed E-state index contributed by atoms with van der Waals surface area (Å²) in [5.74, 6) is 0. The first-order chi connectivity index (χ1) is 7.70. The molecule has 2 rings (SSSR count). The van der Waals surface area contributed by atoms with E-state index in [2.05, 4.69) is 6.58 Å². The van der Waals surface area contributed by atoms with E-state index >= 15 is 0 Å². The lowest BCUT2D eigenvalue weighted by molar-refractivity contribution is 1.60. The van der Waals surface area contributed by atoms with Gasteiger partial charge in [0, 0.05) is 5.02 Å². The normalized spacial score (nSPS) is 10.1. The van der Waals surface area contributed by atoms with Gasteiger partial charge in [-0.05, 0) is 28.8 Å². The Bertz CT molecular complexity index is 515. The topological polar surface area (TPSA) is 0 Å². The van der Waals surface area contributed by atoms with E-state index < -0.39 is 0 Å². The minimum atomic E-state index is 0.720. The Morgan fingerprint density at radius 2 is 1.75 bits per heavy atom. The van der Waals surface area contributed by atoms with Crippen LogP contribution in [0.4, 0.5) is 0 Å². The van der Waals surface area contributed by atoms with Crippen molar-refractivity contribution in [1.82, 2.24) is 0 Å². The molecule has 0 saturated carbocycles. The number of hydrogen-bond donors (Lipinski definition) is 0. The van der Waals surface area contributed by atoms with Crippen LogP contribution in [0.1, 0.15) is 5.56 Å². The maximum atomic E-state index is 6.00. The molecular formula is C14H10BCl. The van der Waals surface area contributed by atoms with Gasteiger partial charge in [-0.1, -0.05) is 60.1 Å². The van der Waals surface area contributed by atoms with Crippen LogP contribution in [-0.2, 0) is 0 Å². The second kappa shape index (κ2) is 4.59. The zero-order chi connectivity index (χ0) is 11.5. The second-order valence-electron chi connectivity index (χ2n) is 3.56. The molecule has 0 aromatic heterocycles. The average molecular weight is 224 g/mol. The molecule has 0 aliphatic rings. The van der Waals surface area contributed by atoms with E-state index in [0.29, 0.717) is 0 Å². The summed E-state index contributed by atoms with van der Waals surface area (Å²) in [6, 6.07) is 13.5. The van der Waals surface area contributed by atoms with Gasteiger partial charge in [0.25, 0.3) is 0 Å². The number of halogens is 1. The summed E-state index contributed by atoms with van der Waals surface area (Å²) >= 11 is 6.00. The minimum absolute atomic E-state index is 0.720. The van der Waals surface area contributed by atoms with Gasteiger partial charge in [-0.2, -0.15) is 0 Å². The van der Waals surface area contributed by atoms with E-state index in [9.17, 15) is 0 Å². The smallest absolute Gasteiger partial charge is 0.0984 e. The molecule has 0 heterocycles. The van der Waals surface area contributed by atoms with E-state index in [0.717, 1.165) is 27.2 Å². The van der Waals surface area contributed by atoms with Gasteiger partial charge >= 0.3 is 0 Å². The highest BCUT2D eigenvalue weighted by Gasteiger charge is 2.03. The van der Waals surface area contributed by atoms with E-state index in [1.807, 2.05) is 48.5 Å². The summed E-state index contributed by atoms with van der Waals surface area (Å²) < 4.78 is 0. The number of benzene rings is 2. The van der Waals surface area contributed by atoms with Crippen molar-refractivity contribution < 1.29 is 0 Å². The highest BCUT2D eigenvalue weighted by atomic mass is 35.5. The maximum Gasteiger partial charge on any atom is 0.113 e. The third kappa shape index (κ3) is 2.20. The van der Waals surface area contributed by atoms with Crippen molar-refractivity contribution in [3.8, 4) is 11.1 Å². The molecule has 0 unspecified atom stereocenters. The van der Waals surface area contributed by atoms with Gasteiger partial charge < -0.3 is 0 Å². The molecule has 0 aliphatic heterocycles. The van der Waals surface area contributed by atoms with Crippen LogP contribution >= 0.6 is 11.6 Å². The lowest BCUT2D eigenvalue weighted by Gasteiger charge is -2.07. The van der Waals surface area contributed by atoms with E-state index in [4.69, 9.17) is 19.4 Å². The molecule has 2 heteroatoms. The highest BCUT2D eigenvalue weighted by Crippen LogP contribution is 2.27. The maximum absolute atomic E-state index is 6.00. The Hall–Kier alpha value is -1.47. The second-order valence-corrected chi connectivity index (χ2v) is 3.99. The molecule has 0 aliphatic carbocycles. The van der Waals surface area contributed by atoms with Crippen molar-refractivity contribution in [2.75, 3.05) is 0 Å². The summed E-state index contributed by atoms with van der Waals surface area (Å²) in [6.45, 7) is 3.80. The molecule has 0 fully saturated rings. The number of hydrogen-bond acceptors (Lipinski definition) is 0. The third-order valence-electron chi connectivity index (χ3n) is 2.46. The molecule has 0 saturated heterocycles. The minimum Gasteiger partial charge on any atom is -0.0984 e. The quantitative estimate of drug-likeness (QED) is 0.686. The highest BCUT2D eigenvalue weighted by molar-refractivity contribution is 6.32. The fraction of sp³-hybridized carbons (Fsp3) is 0. The van der Waals surface area contributed by atoms with Crippen LogP contribution in [0.15, 0.2) is 49.0 Å². The Balaban J connectivity index is 2.57. The first-order valence-corrected chi connectivity index (χ1v) is 5.36. The fourth-order valence-electron chi connectivity index (χ4n) is 1.62. The molecule has 2 radical (unpaired) electrons. The summed E-state index contributed by atoms with van der Waals surface area (Å²) in [5, 5.41) is 0.720. The van der Waals surface area contributed by atoms with Crippen LogP contribution in [0.5, 0.6) is 0 Å². The van der Waals surface area contributed by atoms with Crippen molar-refractivity contribution in [3.63, 3.8) is 0 Å². The van der Waals surface area contributed by atoms with Crippen molar-refractivity contribution in [2.45, 2.75) is 0 Å². The first kappa shape index (κ1) is 11.0. The van der Waals surface area contributed by atoms with E-state index in [1.54, 1.807) is 0 Å². The van der Waals surface area contributed by atoms with Crippen LogP contribution in [0.25, 0.3) is 17.2 Å². The molecule has 0 N–H and O–H groups in total. The van der Waals surface area contributed by atoms with Gasteiger partial charge in [-0.3, -0.25) is 0 Å². The predicted octanol–water partition coefficient (Wildman–Crippen LogP) is 3.44. The fourth-order valence-corrected chi connectivity index (χ4v) is 1.79. The molecule has 0 amide bonds. The Morgan fingerprint density at radius 3 is 2.38 bits per heavy atom. The molecule has 2 aromatic carbocycles. The van der Waals surface area contributed by atoms with Crippen LogP contribution in [0, 0.1) is 0 Å². The van der Waals surface area contributed by atoms with Gasteiger partial charge in [0.05, 0.1) is 0 Å². The standard InChI is InChI=1S/C14H10BCl/c1-2-10-5-8-13(16)9-14(10)11-3-6-12(15)7-4-11/h2-9H,1H2. The van der Waals surface area contributed by atoms with Crippen molar-refractivity contribution in [2.24, 2.45) is 0 Å².